The Morgan fingerprint density at radius 2 is 0.800 bits per heavy atom. The maximum Gasteiger partial charge on any atom is 0.226 e. The van der Waals surface area contributed by atoms with Crippen molar-refractivity contribution in [3.05, 3.63) is 0 Å². The second-order valence-electron chi connectivity index (χ2n) is 9.51. The summed E-state index contributed by atoms with van der Waals surface area (Å²) in [7, 11) is 0. The lowest BCUT2D eigenvalue weighted by molar-refractivity contribution is -0.158. The fourth-order valence-corrected chi connectivity index (χ4v) is 4.23. The van der Waals surface area contributed by atoms with Gasteiger partial charge in [0.15, 0.2) is 0 Å². The van der Waals surface area contributed by atoms with Crippen LogP contribution in [-0.4, -0.2) is 125 Å². The molecule has 0 saturated carbocycles. The van der Waals surface area contributed by atoms with Crippen molar-refractivity contribution in [3.63, 3.8) is 0 Å². The largest absolute Gasteiger partial charge is 0.307 e. The summed E-state index contributed by atoms with van der Waals surface area (Å²) in [6.45, 7) is 12.7. The second kappa shape index (κ2) is 8.80. The summed E-state index contributed by atoms with van der Waals surface area (Å²) in [5.41, 5.74) is 0. The predicted octanol–water partition coefficient (Wildman–Crippen LogP) is -0.359. The predicted molar refractivity (Wildman–Crippen MR) is 112 cm³/mol. The smallest absolute Gasteiger partial charge is 0.226 e. The topological polar surface area (TPSA) is 70.0 Å². The molecule has 0 N–H and O–H groups in total. The summed E-state index contributed by atoms with van der Waals surface area (Å²) >= 11 is 0. The van der Waals surface area contributed by atoms with Gasteiger partial charge in [-0.3, -0.25) is 29.1 Å². The molecule has 0 radical (unpaired) electrons. The van der Waals surface area contributed by atoms with Gasteiger partial charge in [0.2, 0.25) is 17.7 Å². The number of hydrogen-bond acceptors (Lipinski definition) is 6. The van der Waals surface area contributed by atoms with E-state index < -0.39 is 0 Å². The van der Waals surface area contributed by atoms with Gasteiger partial charge in [0.25, 0.3) is 0 Å². The number of hydrogen-bond donors (Lipinski definition) is 0. The van der Waals surface area contributed by atoms with Crippen LogP contribution in [0.3, 0.4) is 0 Å². The van der Waals surface area contributed by atoms with Crippen LogP contribution in [0.15, 0.2) is 0 Å². The molecule has 9 nitrogen and oxygen atoms in total. The van der Waals surface area contributed by atoms with Crippen molar-refractivity contribution in [2.45, 2.75) is 58.2 Å². The van der Waals surface area contributed by atoms with E-state index in [0.29, 0.717) is 37.4 Å². The van der Waals surface area contributed by atoms with Crippen LogP contribution in [0, 0.1) is 0 Å². The molecule has 4 aliphatic rings. The van der Waals surface area contributed by atoms with Crippen molar-refractivity contribution in [1.29, 1.82) is 0 Å². The van der Waals surface area contributed by atoms with E-state index in [4.69, 9.17) is 0 Å². The van der Waals surface area contributed by atoms with E-state index in [1.807, 2.05) is 0 Å². The van der Waals surface area contributed by atoms with Gasteiger partial charge in [0, 0.05) is 76.7 Å². The minimum Gasteiger partial charge on any atom is -0.307 e. The minimum atomic E-state index is 0.0172. The van der Waals surface area contributed by atoms with Crippen LogP contribution in [0.1, 0.15) is 40.0 Å². The maximum absolute atomic E-state index is 12.8. The third-order valence-corrected chi connectivity index (χ3v) is 6.89. The van der Waals surface area contributed by atoms with Gasteiger partial charge in [0.1, 0.15) is 0 Å². The van der Waals surface area contributed by atoms with Crippen molar-refractivity contribution in [1.82, 2.24) is 29.4 Å². The monoisotopic (exact) mass is 420 g/mol. The molecule has 3 amide bonds. The molecular weight excluding hydrogens is 384 g/mol. The van der Waals surface area contributed by atoms with E-state index >= 15 is 0 Å². The Hall–Kier alpha value is -1.71. The van der Waals surface area contributed by atoms with Crippen molar-refractivity contribution in [2.24, 2.45) is 0 Å². The Morgan fingerprint density at radius 1 is 0.567 bits per heavy atom. The Labute approximate surface area is 179 Å². The Balaban J connectivity index is 1.32. The van der Waals surface area contributed by atoms with E-state index in [1.165, 1.54) is 0 Å². The lowest BCUT2D eigenvalue weighted by Crippen LogP contribution is -2.59. The molecule has 6 unspecified atom stereocenters. The molecule has 4 heterocycles. The first-order valence-electron chi connectivity index (χ1n) is 11.4. The highest BCUT2D eigenvalue weighted by atomic mass is 16.2. The van der Waals surface area contributed by atoms with Crippen molar-refractivity contribution >= 4 is 17.7 Å². The Bertz CT molecular complexity index is 591. The number of carbonyl (C=O) groups is 3. The van der Waals surface area contributed by atoms with E-state index in [1.54, 1.807) is 14.7 Å². The summed E-state index contributed by atoms with van der Waals surface area (Å²) in [5.74, 6) is 0.0515. The summed E-state index contributed by atoms with van der Waals surface area (Å²) in [6, 6.07) is 1.69. The van der Waals surface area contributed by atoms with Crippen LogP contribution in [-0.2, 0) is 14.4 Å². The van der Waals surface area contributed by atoms with Gasteiger partial charge >= 0.3 is 0 Å². The molecule has 0 aromatic heterocycles. The zero-order valence-electron chi connectivity index (χ0n) is 18.6. The molecule has 168 valence electrons. The molecule has 0 aromatic carbocycles. The molecule has 4 fully saturated rings. The quantitative estimate of drug-likeness (QED) is 0.475. The maximum atomic E-state index is 12.8. The molecule has 9 heteroatoms. The highest BCUT2D eigenvalue weighted by Gasteiger charge is 2.36. The van der Waals surface area contributed by atoms with E-state index in [-0.39, 0.29) is 37.7 Å². The average molecular weight is 421 g/mol. The first kappa shape index (κ1) is 21.5. The lowest BCUT2D eigenvalue weighted by atomic mass is 10.3. The third-order valence-electron chi connectivity index (χ3n) is 6.89. The number of rotatable bonds is 9. The van der Waals surface area contributed by atoms with Gasteiger partial charge in [-0.05, 0) is 20.8 Å². The lowest BCUT2D eigenvalue weighted by Gasteiger charge is -2.42. The molecule has 0 spiro atoms. The molecular formula is C21H36N6O3. The summed E-state index contributed by atoms with van der Waals surface area (Å²) in [4.78, 5) is 50.2. The molecule has 0 bridgehead atoms. The fraction of sp³-hybridized carbons (Fsp3) is 0.857. The van der Waals surface area contributed by atoms with Crippen LogP contribution in [0.5, 0.6) is 0 Å². The molecule has 0 aliphatic carbocycles. The van der Waals surface area contributed by atoms with E-state index in [9.17, 15) is 14.4 Å². The summed E-state index contributed by atoms with van der Waals surface area (Å²) in [5, 5.41) is 0. The van der Waals surface area contributed by atoms with Crippen LogP contribution in [0.2, 0.25) is 0 Å². The molecule has 6 atom stereocenters. The van der Waals surface area contributed by atoms with Crippen molar-refractivity contribution < 1.29 is 14.4 Å². The molecule has 30 heavy (non-hydrogen) atoms. The van der Waals surface area contributed by atoms with Crippen LogP contribution in [0.4, 0.5) is 0 Å². The van der Waals surface area contributed by atoms with Gasteiger partial charge in [0.05, 0.1) is 20.0 Å². The second-order valence-corrected chi connectivity index (χ2v) is 9.51. The first-order valence-corrected chi connectivity index (χ1v) is 11.4. The number of amides is 3. The SMILES string of the molecule is CC1CN1CCC(=O)N1CN(C(=O)CCN2CC2C)CN(C(=O)CCN2CC2C)C1. The van der Waals surface area contributed by atoms with Gasteiger partial charge in [-0.1, -0.05) is 0 Å². The average Bonchev–Trinajstić information content (AvgIpc) is 3.67. The standard InChI is InChI=1S/C21H36N6O3/c1-16-10-22(16)7-4-19(28)25-13-26(20(29)5-8-23-11-17(23)2)15-27(14-25)21(30)6-9-24-12-18(24)3/h16-18H,4-15H2,1-3H3. The highest BCUT2D eigenvalue weighted by molar-refractivity contribution is 5.82. The van der Waals surface area contributed by atoms with Crippen LogP contribution in [0.25, 0.3) is 0 Å². The number of nitrogens with zero attached hydrogens (tertiary/aromatic N) is 6. The van der Waals surface area contributed by atoms with Gasteiger partial charge < -0.3 is 14.7 Å². The Kier molecular flexibility index (Phi) is 6.31. The zero-order valence-corrected chi connectivity index (χ0v) is 18.6. The van der Waals surface area contributed by atoms with Crippen molar-refractivity contribution in [2.75, 3.05) is 59.3 Å². The molecule has 4 rings (SSSR count). The van der Waals surface area contributed by atoms with E-state index in [0.717, 1.165) is 39.3 Å². The summed E-state index contributed by atoms with van der Waals surface area (Å²) in [6.07, 6.45) is 1.31. The van der Waals surface area contributed by atoms with Gasteiger partial charge in [-0.25, -0.2) is 0 Å². The van der Waals surface area contributed by atoms with E-state index in [2.05, 4.69) is 35.5 Å². The van der Waals surface area contributed by atoms with Crippen LogP contribution >= 0.6 is 0 Å². The number of carbonyl (C=O) groups excluding carboxylic acids is 3. The van der Waals surface area contributed by atoms with Crippen LogP contribution < -0.4 is 0 Å². The van der Waals surface area contributed by atoms with Gasteiger partial charge in [-0.2, -0.15) is 0 Å². The normalized spacial score (nSPS) is 34.7. The summed E-state index contributed by atoms with van der Waals surface area (Å²) < 4.78 is 0. The minimum absolute atomic E-state index is 0.0172. The molecule has 0 aromatic rings. The molecule has 4 saturated heterocycles. The molecule has 4 aliphatic heterocycles. The zero-order chi connectivity index (χ0) is 21.4. The first-order chi connectivity index (χ1) is 14.3. The Morgan fingerprint density at radius 3 is 1.00 bits per heavy atom. The highest BCUT2D eigenvalue weighted by Crippen LogP contribution is 2.20. The van der Waals surface area contributed by atoms with Crippen molar-refractivity contribution in [3.8, 4) is 0 Å². The third kappa shape index (κ3) is 5.50. The fourth-order valence-electron chi connectivity index (χ4n) is 4.23. The van der Waals surface area contributed by atoms with Gasteiger partial charge in [-0.15, -0.1) is 0 Å².